The normalized spacial score (nSPS) is 9.38. The van der Waals surface area contributed by atoms with Gasteiger partial charge in [0, 0.05) is 5.56 Å². The summed E-state index contributed by atoms with van der Waals surface area (Å²) < 4.78 is 0. The zero-order valence-corrected chi connectivity index (χ0v) is 8.01. The molecule has 0 aromatic heterocycles. The van der Waals surface area contributed by atoms with Crippen molar-refractivity contribution in [2.24, 2.45) is 0 Å². The highest BCUT2D eigenvalue weighted by Gasteiger charge is 2.06. The van der Waals surface area contributed by atoms with Crippen molar-refractivity contribution in [2.45, 2.75) is 20.8 Å². The topological polar surface area (TPSA) is 40.9 Å². The van der Waals surface area contributed by atoms with Gasteiger partial charge in [-0.05, 0) is 44.0 Å². The molecule has 0 radical (unpaired) electrons. The number of carbonyl (C=O) groups excluding carboxylic acids is 1. The number of carbonyl (C=O) groups is 1. The summed E-state index contributed by atoms with van der Waals surface area (Å²) in [6, 6.07) is 5.62. The Kier molecular flexibility index (Phi) is 2.48. The molecular weight excluding hydrogens is 162 g/mol. The molecule has 0 atom stereocenters. The van der Waals surface area contributed by atoms with Crippen molar-refractivity contribution in [3.63, 3.8) is 0 Å². The molecule has 0 saturated carbocycles. The van der Waals surface area contributed by atoms with Gasteiger partial charge in [-0.2, -0.15) is 5.26 Å². The number of benzene rings is 1. The molecule has 13 heavy (non-hydrogen) atoms. The maximum Gasteiger partial charge on any atom is 0.160 e. The van der Waals surface area contributed by atoms with Gasteiger partial charge in [0.05, 0.1) is 11.6 Å². The zero-order chi connectivity index (χ0) is 10.0. The standard InChI is InChI=1S/C11H11NO/c1-7-5-11(9(3)13)8(2)4-10(7)6-12/h4-5H,1-3H3. The molecule has 0 aliphatic heterocycles. The second kappa shape index (κ2) is 3.40. The van der Waals surface area contributed by atoms with Crippen molar-refractivity contribution < 1.29 is 4.79 Å². The van der Waals surface area contributed by atoms with Gasteiger partial charge in [-0.1, -0.05) is 0 Å². The Morgan fingerprint density at radius 2 is 1.92 bits per heavy atom. The van der Waals surface area contributed by atoms with Gasteiger partial charge in [0.2, 0.25) is 0 Å². The van der Waals surface area contributed by atoms with Gasteiger partial charge in [0.15, 0.2) is 5.78 Å². The van der Waals surface area contributed by atoms with Gasteiger partial charge in [-0.3, -0.25) is 4.79 Å². The Morgan fingerprint density at radius 3 is 2.38 bits per heavy atom. The van der Waals surface area contributed by atoms with E-state index in [0.29, 0.717) is 11.1 Å². The number of rotatable bonds is 1. The van der Waals surface area contributed by atoms with Crippen LogP contribution in [0.25, 0.3) is 0 Å². The predicted octanol–water partition coefficient (Wildman–Crippen LogP) is 2.38. The second-order valence-electron chi connectivity index (χ2n) is 3.15. The third-order valence-corrected chi connectivity index (χ3v) is 2.07. The van der Waals surface area contributed by atoms with Crippen LogP contribution in [0.5, 0.6) is 0 Å². The highest BCUT2D eigenvalue weighted by atomic mass is 16.1. The van der Waals surface area contributed by atoms with Gasteiger partial charge >= 0.3 is 0 Å². The van der Waals surface area contributed by atoms with Crippen molar-refractivity contribution in [3.8, 4) is 6.07 Å². The van der Waals surface area contributed by atoms with Gasteiger partial charge in [0.1, 0.15) is 0 Å². The van der Waals surface area contributed by atoms with Gasteiger partial charge in [0.25, 0.3) is 0 Å². The van der Waals surface area contributed by atoms with E-state index < -0.39 is 0 Å². The van der Waals surface area contributed by atoms with Crippen LogP contribution in [0.1, 0.15) is 34.0 Å². The summed E-state index contributed by atoms with van der Waals surface area (Å²) in [5, 5.41) is 8.74. The summed E-state index contributed by atoms with van der Waals surface area (Å²) in [5.41, 5.74) is 3.08. The second-order valence-corrected chi connectivity index (χ2v) is 3.15. The maximum absolute atomic E-state index is 11.1. The minimum Gasteiger partial charge on any atom is -0.295 e. The van der Waals surface area contributed by atoms with E-state index in [1.165, 1.54) is 6.92 Å². The van der Waals surface area contributed by atoms with E-state index >= 15 is 0 Å². The first-order valence-electron chi connectivity index (χ1n) is 4.08. The van der Waals surface area contributed by atoms with E-state index in [1.54, 1.807) is 12.1 Å². The summed E-state index contributed by atoms with van der Waals surface area (Å²) in [6.07, 6.45) is 0. The van der Waals surface area contributed by atoms with Crippen molar-refractivity contribution in [1.82, 2.24) is 0 Å². The minimum absolute atomic E-state index is 0.0464. The van der Waals surface area contributed by atoms with Crippen molar-refractivity contribution in [1.29, 1.82) is 5.26 Å². The fourth-order valence-corrected chi connectivity index (χ4v) is 1.32. The van der Waals surface area contributed by atoms with Crippen LogP contribution >= 0.6 is 0 Å². The van der Waals surface area contributed by atoms with Gasteiger partial charge in [-0.25, -0.2) is 0 Å². The van der Waals surface area contributed by atoms with Crippen LogP contribution in [-0.4, -0.2) is 5.78 Å². The van der Waals surface area contributed by atoms with E-state index in [4.69, 9.17) is 5.26 Å². The average Bonchev–Trinajstić information content (AvgIpc) is 2.07. The summed E-state index contributed by atoms with van der Waals surface area (Å²) in [7, 11) is 0. The Bertz CT molecular complexity index is 399. The summed E-state index contributed by atoms with van der Waals surface area (Å²) in [4.78, 5) is 11.1. The number of ketones is 1. The molecule has 0 aliphatic carbocycles. The number of nitriles is 1. The molecule has 0 unspecified atom stereocenters. The molecule has 0 N–H and O–H groups in total. The van der Waals surface area contributed by atoms with Gasteiger partial charge < -0.3 is 0 Å². The molecule has 2 heteroatoms. The minimum atomic E-state index is 0.0464. The molecule has 0 fully saturated rings. The van der Waals surface area contributed by atoms with Crippen LogP contribution in [0.4, 0.5) is 0 Å². The average molecular weight is 173 g/mol. The van der Waals surface area contributed by atoms with Gasteiger partial charge in [-0.15, -0.1) is 0 Å². The van der Waals surface area contributed by atoms with Crippen LogP contribution in [0, 0.1) is 25.2 Å². The smallest absolute Gasteiger partial charge is 0.160 e. The van der Waals surface area contributed by atoms with Crippen molar-refractivity contribution in [3.05, 3.63) is 34.4 Å². The summed E-state index contributed by atoms with van der Waals surface area (Å²) >= 11 is 0. The van der Waals surface area contributed by atoms with Crippen LogP contribution in [0.3, 0.4) is 0 Å². The Labute approximate surface area is 77.8 Å². The fraction of sp³-hybridized carbons (Fsp3) is 0.273. The van der Waals surface area contributed by atoms with E-state index in [0.717, 1.165) is 11.1 Å². The highest BCUT2D eigenvalue weighted by Crippen LogP contribution is 2.15. The lowest BCUT2D eigenvalue weighted by atomic mass is 9.98. The van der Waals surface area contributed by atoms with E-state index in [1.807, 2.05) is 13.8 Å². The molecular formula is C11H11NO. The predicted molar refractivity (Wildman–Crippen MR) is 50.6 cm³/mol. The van der Waals surface area contributed by atoms with Crippen LogP contribution in [0.2, 0.25) is 0 Å². The molecule has 0 saturated heterocycles. The summed E-state index contributed by atoms with van der Waals surface area (Å²) in [6.45, 7) is 5.22. The Hall–Kier alpha value is -1.62. The third kappa shape index (κ3) is 1.75. The monoisotopic (exact) mass is 173 g/mol. The maximum atomic E-state index is 11.1. The van der Waals surface area contributed by atoms with E-state index in [-0.39, 0.29) is 5.78 Å². The number of hydrogen-bond donors (Lipinski definition) is 0. The lowest BCUT2D eigenvalue weighted by Gasteiger charge is -2.04. The number of hydrogen-bond acceptors (Lipinski definition) is 2. The van der Waals surface area contributed by atoms with Crippen molar-refractivity contribution in [2.75, 3.05) is 0 Å². The fourth-order valence-electron chi connectivity index (χ4n) is 1.32. The number of Topliss-reactive ketones (excluding diaryl/α,β-unsaturated/α-hetero) is 1. The molecule has 2 nitrogen and oxygen atoms in total. The van der Waals surface area contributed by atoms with E-state index in [9.17, 15) is 4.79 Å². The molecule has 0 amide bonds. The first-order chi connectivity index (χ1) is 6.06. The number of aryl methyl sites for hydroxylation is 2. The lowest BCUT2D eigenvalue weighted by Crippen LogP contribution is -1.98. The molecule has 0 bridgehead atoms. The molecule has 66 valence electrons. The Balaban J connectivity index is 3.39. The lowest BCUT2D eigenvalue weighted by molar-refractivity contribution is 0.101. The first-order valence-corrected chi connectivity index (χ1v) is 4.08. The van der Waals surface area contributed by atoms with Crippen LogP contribution < -0.4 is 0 Å². The largest absolute Gasteiger partial charge is 0.295 e. The third-order valence-electron chi connectivity index (χ3n) is 2.07. The SMILES string of the molecule is CC(=O)c1cc(C)c(C#N)cc1C. The zero-order valence-electron chi connectivity index (χ0n) is 8.01. The van der Waals surface area contributed by atoms with E-state index in [2.05, 4.69) is 6.07 Å². The quantitative estimate of drug-likeness (QED) is 0.612. The molecule has 1 aromatic carbocycles. The van der Waals surface area contributed by atoms with Crippen LogP contribution in [-0.2, 0) is 0 Å². The van der Waals surface area contributed by atoms with Crippen molar-refractivity contribution >= 4 is 5.78 Å². The number of nitrogens with zero attached hydrogens (tertiary/aromatic N) is 1. The summed E-state index contributed by atoms with van der Waals surface area (Å²) in [5.74, 6) is 0.0464. The first kappa shape index (κ1) is 9.47. The molecule has 0 spiro atoms. The molecule has 1 rings (SSSR count). The highest BCUT2D eigenvalue weighted by molar-refractivity contribution is 5.95. The van der Waals surface area contributed by atoms with Crippen LogP contribution in [0.15, 0.2) is 12.1 Å². The Morgan fingerprint density at radius 1 is 1.31 bits per heavy atom. The molecule has 1 aromatic rings. The molecule has 0 heterocycles. The molecule has 0 aliphatic rings.